The average Bonchev–Trinajstić information content (AvgIpc) is 2.49. The number of nitrogens with one attached hydrogen (secondary N) is 1. The molecule has 0 aliphatic rings. The Labute approximate surface area is 101 Å². The van der Waals surface area contributed by atoms with Crippen LogP contribution in [-0.4, -0.2) is 26.5 Å². The first-order valence-corrected chi connectivity index (χ1v) is 5.71. The molecule has 0 atom stereocenters. The van der Waals surface area contributed by atoms with Crippen LogP contribution in [0.2, 0.25) is 0 Å². The van der Waals surface area contributed by atoms with Gasteiger partial charge in [-0.2, -0.15) is 5.21 Å². The molecule has 0 aromatic carbocycles. The molecule has 0 spiro atoms. The Bertz CT molecular complexity index is 369. The second-order valence-electron chi connectivity index (χ2n) is 6.15. The van der Waals surface area contributed by atoms with Crippen LogP contribution in [0.5, 0.6) is 0 Å². The smallest absolute Gasteiger partial charge is 0.217 e. The number of nitrogens with two attached hydrogens (primary N) is 1. The highest BCUT2D eigenvalue weighted by atomic mass is 16.1. The molecular weight excluding hydrogens is 218 g/mol. The minimum Gasteiger partial charge on any atom is -0.370 e. The molecule has 0 fully saturated rings. The number of carbonyl (C=O) groups is 1. The van der Waals surface area contributed by atoms with Crippen LogP contribution in [0, 0.1) is 10.8 Å². The molecule has 3 N–H and O–H groups in total. The van der Waals surface area contributed by atoms with Crippen molar-refractivity contribution in [1.29, 1.82) is 0 Å². The van der Waals surface area contributed by atoms with E-state index >= 15 is 0 Å². The van der Waals surface area contributed by atoms with E-state index in [-0.39, 0.29) is 16.7 Å². The molecule has 1 aromatic rings. The Morgan fingerprint density at radius 3 is 2.41 bits per heavy atom. The number of aromatic nitrogens is 4. The molecule has 0 aliphatic carbocycles. The molecule has 6 heteroatoms. The van der Waals surface area contributed by atoms with Crippen molar-refractivity contribution in [2.45, 2.75) is 47.0 Å². The Hall–Kier alpha value is -1.46. The number of carbonyl (C=O) groups excluding carboxylic acids is 1. The molecular formula is C11H21N5O. The summed E-state index contributed by atoms with van der Waals surface area (Å²) in [5, 5.41) is 13.9. The summed E-state index contributed by atoms with van der Waals surface area (Å²) < 4.78 is 0. The van der Waals surface area contributed by atoms with E-state index in [0.29, 0.717) is 12.2 Å². The number of tetrazole rings is 1. The van der Waals surface area contributed by atoms with Crippen LogP contribution in [0.4, 0.5) is 0 Å². The summed E-state index contributed by atoms with van der Waals surface area (Å²) in [6.45, 7) is 8.36. The van der Waals surface area contributed by atoms with E-state index in [0.717, 1.165) is 12.8 Å². The summed E-state index contributed by atoms with van der Waals surface area (Å²) in [5.74, 6) is 0.440. The van der Waals surface area contributed by atoms with Crippen molar-refractivity contribution in [3.05, 3.63) is 5.82 Å². The summed E-state index contributed by atoms with van der Waals surface area (Å²) >= 11 is 0. The van der Waals surface area contributed by atoms with E-state index < -0.39 is 0 Å². The number of nitrogens with zero attached hydrogens (tertiary/aromatic N) is 3. The molecule has 0 bridgehead atoms. The van der Waals surface area contributed by atoms with E-state index in [1.54, 1.807) is 0 Å². The van der Waals surface area contributed by atoms with Gasteiger partial charge in [-0.1, -0.05) is 32.9 Å². The topological polar surface area (TPSA) is 97.5 Å². The second-order valence-corrected chi connectivity index (χ2v) is 6.15. The second kappa shape index (κ2) is 4.81. The molecule has 0 aliphatic heterocycles. The van der Waals surface area contributed by atoms with Gasteiger partial charge in [-0.3, -0.25) is 4.79 Å². The van der Waals surface area contributed by atoms with Gasteiger partial charge in [0.05, 0.1) is 0 Å². The van der Waals surface area contributed by atoms with Crippen molar-refractivity contribution in [3.8, 4) is 0 Å². The summed E-state index contributed by atoms with van der Waals surface area (Å²) in [6, 6.07) is 0. The Balaban J connectivity index is 2.62. The molecule has 1 aromatic heterocycles. The predicted octanol–water partition coefficient (Wildman–Crippen LogP) is 1.06. The van der Waals surface area contributed by atoms with Gasteiger partial charge in [-0.05, 0) is 17.3 Å². The highest BCUT2D eigenvalue weighted by Crippen LogP contribution is 2.37. The summed E-state index contributed by atoms with van der Waals surface area (Å²) in [5.41, 5.74) is 5.15. The number of primary amides is 1. The van der Waals surface area contributed by atoms with Gasteiger partial charge in [0.2, 0.25) is 5.91 Å². The Morgan fingerprint density at radius 1 is 1.29 bits per heavy atom. The van der Waals surface area contributed by atoms with Crippen molar-refractivity contribution in [2.75, 3.05) is 0 Å². The van der Waals surface area contributed by atoms with Crippen molar-refractivity contribution >= 4 is 5.91 Å². The van der Waals surface area contributed by atoms with E-state index in [2.05, 4.69) is 48.3 Å². The third kappa shape index (κ3) is 4.93. The first-order valence-electron chi connectivity index (χ1n) is 5.71. The molecule has 1 heterocycles. The van der Waals surface area contributed by atoms with Crippen LogP contribution in [0.1, 0.15) is 46.4 Å². The minimum absolute atomic E-state index is 0.00280. The Kier molecular flexibility index (Phi) is 3.85. The lowest BCUT2D eigenvalue weighted by molar-refractivity contribution is -0.120. The van der Waals surface area contributed by atoms with Crippen LogP contribution in [0.15, 0.2) is 0 Å². The maximum atomic E-state index is 11.0. The standard InChI is InChI=1S/C11H21N5O/c1-10(2,5-8(12)17)7-11(3,4)6-9-13-15-16-14-9/h5-7H2,1-4H3,(H2,12,17)(H,13,14,15,16). The summed E-state index contributed by atoms with van der Waals surface area (Å²) in [7, 11) is 0. The van der Waals surface area contributed by atoms with Gasteiger partial charge >= 0.3 is 0 Å². The Morgan fingerprint density at radius 2 is 1.94 bits per heavy atom. The molecule has 0 saturated carbocycles. The highest BCUT2D eigenvalue weighted by molar-refractivity contribution is 5.74. The fourth-order valence-electron chi connectivity index (χ4n) is 2.58. The van der Waals surface area contributed by atoms with Crippen LogP contribution in [0.25, 0.3) is 0 Å². The molecule has 96 valence electrons. The lowest BCUT2D eigenvalue weighted by Gasteiger charge is -2.33. The molecule has 1 rings (SSSR count). The van der Waals surface area contributed by atoms with Gasteiger partial charge in [-0.15, -0.1) is 10.2 Å². The lowest BCUT2D eigenvalue weighted by atomic mass is 9.71. The zero-order valence-corrected chi connectivity index (χ0v) is 10.9. The number of aromatic amines is 1. The first-order chi connectivity index (χ1) is 7.70. The fraction of sp³-hybridized carbons (Fsp3) is 0.818. The average molecular weight is 239 g/mol. The lowest BCUT2D eigenvalue weighted by Crippen LogP contribution is -2.29. The quantitative estimate of drug-likeness (QED) is 0.775. The molecule has 0 radical (unpaired) electrons. The molecule has 0 saturated heterocycles. The third-order valence-electron chi connectivity index (χ3n) is 2.64. The zero-order chi connectivity index (χ0) is 13.1. The van der Waals surface area contributed by atoms with E-state index in [1.807, 2.05) is 0 Å². The van der Waals surface area contributed by atoms with Crippen molar-refractivity contribution in [1.82, 2.24) is 20.6 Å². The van der Waals surface area contributed by atoms with E-state index in [1.165, 1.54) is 0 Å². The molecule has 1 amide bonds. The number of amides is 1. The van der Waals surface area contributed by atoms with Gasteiger partial charge in [0, 0.05) is 12.8 Å². The van der Waals surface area contributed by atoms with Crippen molar-refractivity contribution in [3.63, 3.8) is 0 Å². The SMILES string of the molecule is CC(C)(CC(N)=O)CC(C)(C)Cc1nn[nH]n1. The van der Waals surface area contributed by atoms with Gasteiger partial charge in [0.15, 0.2) is 5.82 Å². The maximum absolute atomic E-state index is 11.0. The zero-order valence-electron chi connectivity index (χ0n) is 10.9. The molecule has 17 heavy (non-hydrogen) atoms. The van der Waals surface area contributed by atoms with Crippen molar-refractivity contribution < 1.29 is 4.79 Å². The van der Waals surface area contributed by atoms with Crippen LogP contribution in [-0.2, 0) is 11.2 Å². The summed E-state index contributed by atoms with van der Waals surface area (Å²) in [4.78, 5) is 11.0. The highest BCUT2D eigenvalue weighted by Gasteiger charge is 2.31. The monoisotopic (exact) mass is 239 g/mol. The number of hydrogen-bond acceptors (Lipinski definition) is 4. The number of rotatable bonds is 6. The third-order valence-corrected chi connectivity index (χ3v) is 2.64. The minimum atomic E-state index is -0.259. The van der Waals surface area contributed by atoms with Crippen LogP contribution < -0.4 is 5.73 Å². The van der Waals surface area contributed by atoms with Gasteiger partial charge in [0.25, 0.3) is 0 Å². The molecule has 6 nitrogen and oxygen atoms in total. The van der Waals surface area contributed by atoms with Crippen LogP contribution >= 0.6 is 0 Å². The van der Waals surface area contributed by atoms with Crippen molar-refractivity contribution in [2.24, 2.45) is 16.6 Å². The largest absolute Gasteiger partial charge is 0.370 e. The van der Waals surface area contributed by atoms with Gasteiger partial charge < -0.3 is 5.73 Å². The van der Waals surface area contributed by atoms with E-state index in [9.17, 15) is 4.79 Å². The number of H-pyrrole nitrogens is 1. The summed E-state index contributed by atoms with van der Waals surface area (Å²) in [6.07, 6.45) is 1.99. The normalized spacial score (nSPS) is 12.7. The van der Waals surface area contributed by atoms with Gasteiger partial charge in [0.1, 0.15) is 0 Å². The first kappa shape index (κ1) is 13.6. The number of hydrogen-bond donors (Lipinski definition) is 2. The fourth-order valence-corrected chi connectivity index (χ4v) is 2.58. The van der Waals surface area contributed by atoms with E-state index in [4.69, 9.17) is 5.73 Å². The maximum Gasteiger partial charge on any atom is 0.217 e. The predicted molar refractivity (Wildman–Crippen MR) is 63.9 cm³/mol. The molecule has 0 unspecified atom stereocenters. The van der Waals surface area contributed by atoms with Crippen LogP contribution in [0.3, 0.4) is 0 Å². The van der Waals surface area contributed by atoms with Gasteiger partial charge in [-0.25, -0.2) is 0 Å².